The van der Waals surface area contributed by atoms with Gasteiger partial charge < -0.3 is 19.9 Å². The van der Waals surface area contributed by atoms with E-state index in [0.29, 0.717) is 18.1 Å². The van der Waals surface area contributed by atoms with Gasteiger partial charge in [0.15, 0.2) is 17.6 Å². The van der Waals surface area contributed by atoms with Crippen LogP contribution in [0.4, 0.5) is 0 Å². The second-order valence-electron chi connectivity index (χ2n) is 4.64. The number of benzene rings is 1. The fourth-order valence-electron chi connectivity index (χ4n) is 1.58. The molecule has 2 N–H and O–H groups in total. The average molecular weight is 330 g/mol. The first kappa shape index (κ1) is 18.1. The van der Waals surface area contributed by atoms with Crippen LogP contribution in [0.2, 0.25) is 5.02 Å². The molecule has 0 bridgehead atoms. The van der Waals surface area contributed by atoms with Crippen molar-refractivity contribution in [1.82, 2.24) is 0 Å². The molecule has 0 radical (unpaired) electrons. The lowest BCUT2D eigenvalue weighted by Crippen LogP contribution is -2.30. The summed E-state index contributed by atoms with van der Waals surface area (Å²) < 4.78 is 15.7. The van der Waals surface area contributed by atoms with E-state index in [4.69, 9.17) is 31.5 Å². The van der Waals surface area contributed by atoms with Crippen LogP contribution in [0.3, 0.4) is 0 Å². The Labute approximate surface area is 134 Å². The lowest BCUT2D eigenvalue weighted by atomic mass is 10.2. The number of carbonyl (C=O) groups excluding carboxylic acids is 2. The Bertz CT molecular complexity index is 547. The Hall–Kier alpha value is -1.95. The lowest BCUT2D eigenvalue weighted by Gasteiger charge is -2.14. The molecular weight excluding hydrogens is 310 g/mol. The molecule has 1 amide bonds. The van der Waals surface area contributed by atoms with Crippen molar-refractivity contribution in [3.8, 4) is 11.5 Å². The van der Waals surface area contributed by atoms with E-state index in [1.165, 1.54) is 26.2 Å². The van der Waals surface area contributed by atoms with Gasteiger partial charge in [0.25, 0.3) is 5.91 Å². The maximum Gasteiger partial charge on any atom is 0.339 e. The number of methoxy groups -OCH3 is 1. The van der Waals surface area contributed by atoms with E-state index in [-0.39, 0.29) is 10.6 Å². The van der Waals surface area contributed by atoms with Gasteiger partial charge in [0.2, 0.25) is 0 Å². The molecule has 6 nitrogen and oxygen atoms in total. The van der Waals surface area contributed by atoms with E-state index in [0.717, 1.165) is 12.8 Å². The van der Waals surface area contributed by atoms with Crippen LogP contribution in [0.25, 0.3) is 0 Å². The number of esters is 1. The molecule has 0 aliphatic heterocycles. The highest BCUT2D eigenvalue weighted by Gasteiger charge is 2.20. The summed E-state index contributed by atoms with van der Waals surface area (Å²) in [4.78, 5) is 22.9. The maximum absolute atomic E-state index is 12.0. The molecule has 0 aliphatic rings. The third-order valence-corrected chi connectivity index (χ3v) is 3.17. The number of amides is 1. The molecule has 7 heteroatoms. The van der Waals surface area contributed by atoms with E-state index in [9.17, 15) is 9.59 Å². The number of hydrogen-bond donors (Lipinski definition) is 1. The predicted molar refractivity (Wildman–Crippen MR) is 82.5 cm³/mol. The van der Waals surface area contributed by atoms with Crippen molar-refractivity contribution < 1.29 is 23.8 Å². The van der Waals surface area contributed by atoms with Crippen molar-refractivity contribution in [3.63, 3.8) is 0 Å². The average Bonchev–Trinajstić information content (AvgIpc) is 2.48. The van der Waals surface area contributed by atoms with Crippen molar-refractivity contribution >= 4 is 23.5 Å². The quantitative estimate of drug-likeness (QED) is 0.585. The van der Waals surface area contributed by atoms with Crippen molar-refractivity contribution in [3.05, 3.63) is 22.7 Å². The van der Waals surface area contributed by atoms with Gasteiger partial charge in [0, 0.05) is 0 Å². The van der Waals surface area contributed by atoms with E-state index in [2.05, 4.69) is 0 Å². The second-order valence-corrected chi connectivity index (χ2v) is 5.05. The second kappa shape index (κ2) is 8.48. The summed E-state index contributed by atoms with van der Waals surface area (Å²) in [6, 6.07) is 2.85. The van der Waals surface area contributed by atoms with Crippen LogP contribution in [-0.2, 0) is 9.53 Å². The summed E-state index contributed by atoms with van der Waals surface area (Å²) in [7, 11) is 1.44. The van der Waals surface area contributed by atoms with Crippen LogP contribution in [-0.4, -0.2) is 31.7 Å². The molecule has 0 fully saturated rings. The van der Waals surface area contributed by atoms with Crippen LogP contribution < -0.4 is 15.2 Å². The predicted octanol–water partition coefficient (Wildman–Crippen LogP) is 2.56. The highest BCUT2D eigenvalue weighted by Crippen LogP contribution is 2.36. The summed E-state index contributed by atoms with van der Waals surface area (Å²) in [5.74, 6) is -0.753. The van der Waals surface area contributed by atoms with Crippen molar-refractivity contribution in [2.75, 3.05) is 13.7 Å². The number of unbranched alkanes of at least 4 members (excludes halogenated alkanes) is 1. The maximum atomic E-state index is 12.0. The minimum atomic E-state index is -1.03. The molecule has 1 aromatic carbocycles. The number of rotatable bonds is 8. The molecule has 1 rings (SSSR count). The van der Waals surface area contributed by atoms with Gasteiger partial charge in [-0.05, 0) is 25.5 Å². The minimum absolute atomic E-state index is 0.151. The summed E-state index contributed by atoms with van der Waals surface area (Å²) >= 11 is 6.13. The highest BCUT2D eigenvalue weighted by atomic mass is 35.5. The van der Waals surface area contributed by atoms with Gasteiger partial charge in [-0.1, -0.05) is 24.9 Å². The molecule has 22 heavy (non-hydrogen) atoms. The summed E-state index contributed by atoms with van der Waals surface area (Å²) in [5.41, 5.74) is 5.20. The summed E-state index contributed by atoms with van der Waals surface area (Å²) in [6.07, 6.45) is 0.826. The van der Waals surface area contributed by atoms with Crippen LogP contribution in [0, 0.1) is 0 Å². The first-order valence-electron chi connectivity index (χ1n) is 6.91. The number of halogens is 1. The Morgan fingerprint density at radius 3 is 2.59 bits per heavy atom. The van der Waals surface area contributed by atoms with E-state index in [1.54, 1.807) is 0 Å². The molecule has 0 aliphatic carbocycles. The molecule has 122 valence electrons. The van der Waals surface area contributed by atoms with Crippen molar-refractivity contribution in [1.29, 1.82) is 0 Å². The van der Waals surface area contributed by atoms with Crippen LogP contribution in [0.1, 0.15) is 37.0 Å². The van der Waals surface area contributed by atoms with E-state index >= 15 is 0 Å². The SMILES string of the molecule is CCCCOc1c(Cl)cc(C(=O)O[C@@H](C)C(N)=O)cc1OC. The molecule has 0 aromatic heterocycles. The van der Waals surface area contributed by atoms with Gasteiger partial charge in [-0.3, -0.25) is 4.79 Å². The first-order valence-corrected chi connectivity index (χ1v) is 7.29. The van der Waals surface area contributed by atoms with Gasteiger partial charge in [-0.15, -0.1) is 0 Å². The van der Waals surface area contributed by atoms with Crippen LogP contribution >= 0.6 is 11.6 Å². The molecule has 0 saturated heterocycles. The fraction of sp³-hybridized carbons (Fsp3) is 0.467. The monoisotopic (exact) mass is 329 g/mol. The molecule has 0 unspecified atom stereocenters. The number of ether oxygens (including phenoxy) is 3. The Morgan fingerprint density at radius 2 is 2.05 bits per heavy atom. The largest absolute Gasteiger partial charge is 0.493 e. The first-order chi connectivity index (χ1) is 10.4. The Balaban J connectivity index is 2.97. The van der Waals surface area contributed by atoms with Gasteiger partial charge in [0.05, 0.1) is 24.3 Å². The summed E-state index contributed by atoms with van der Waals surface area (Å²) in [6.45, 7) is 3.93. The normalized spacial score (nSPS) is 11.6. The fourth-order valence-corrected chi connectivity index (χ4v) is 1.85. The van der Waals surface area contributed by atoms with Gasteiger partial charge in [-0.2, -0.15) is 0 Å². The number of hydrogen-bond acceptors (Lipinski definition) is 5. The third kappa shape index (κ3) is 4.80. The lowest BCUT2D eigenvalue weighted by molar-refractivity contribution is -0.125. The van der Waals surface area contributed by atoms with Crippen molar-refractivity contribution in [2.45, 2.75) is 32.8 Å². The molecule has 0 heterocycles. The zero-order valence-corrected chi connectivity index (χ0v) is 13.6. The number of carbonyl (C=O) groups is 2. The molecule has 1 atom stereocenters. The number of nitrogens with two attached hydrogens (primary N) is 1. The van der Waals surface area contributed by atoms with Gasteiger partial charge >= 0.3 is 5.97 Å². The highest BCUT2D eigenvalue weighted by molar-refractivity contribution is 6.32. The summed E-state index contributed by atoms with van der Waals surface area (Å²) in [5, 5.41) is 0.231. The molecule has 0 spiro atoms. The third-order valence-electron chi connectivity index (χ3n) is 2.89. The van der Waals surface area contributed by atoms with E-state index in [1.807, 2.05) is 6.92 Å². The smallest absolute Gasteiger partial charge is 0.339 e. The van der Waals surface area contributed by atoms with Crippen LogP contribution in [0.15, 0.2) is 12.1 Å². The Kier molecular flexibility index (Phi) is 6.98. The molecular formula is C15H20ClNO5. The standard InChI is InChI=1S/C15H20ClNO5/c1-4-5-6-21-13-11(16)7-10(8-12(13)20-3)15(19)22-9(2)14(17)18/h7-9H,4-6H2,1-3H3,(H2,17,18)/t9-/m0/s1. The van der Waals surface area contributed by atoms with Gasteiger partial charge in [-0.25, -0.2) is 4.79 Å². The number of primary amides is 1. The van der Waals surface area contributed by atoms with Crippen molar-refractivity contribution in [2.24, 2.45) is 5.73 Å². The minimum Gasteiger partial charge on any atom is -0.493 e. The van der Waals surface area contributed by atoms with E-state index < -0.39 is 18.0 Å². The van der Waals surface area contributed by atoms with Crippen LogP contribution in [0.5, 0.6) is 11.5 Å². The molecule has 0 saturated carbocycles. The zero-order valence-electron chi connectivity index (χ0n) is 12.8. The topological polar surface area (TPSA) is 87.9 Å². The zero-order chi connectivity index (χ0) is 16.7. The Morgan fingerprint density at radius 1 is 1.36 bits per heavy atom. The van der Waals surface area contributed by atoms with Gasteiger partial charge in [0.1, 0.15) is 0 Å². The molecule has 1 aromatic rings.